The van der Waals surface area contributed by atoms with E-state index in [4.69, 9.17) is 5.73 Å². The van der Waals surface area contributed by atoms with E-state index in [0.29, 0.717) is 11.6 Å². The predicted octanol–water partition coefficient (Wildman–Crippen LogP) is 2.76. The molecule has 1 aromatic rings. The maximum Gasteiger partial charge on any atom is 0.138 e. The monoisotopic (exact) mass is 274 g/mol. The normalized spacial score (nSPS) is 23.2. The fourth-order valence-corrected chi connectivity index (χ4v) is 2.75. The SMILES string of the molecule is CC1CCC(C)N(Cc2ccc(F)c(C#CCN)c2)C1. The highest BCUT2D eigenvalue weighted by Crippen LogP contribution is 2.23. The molecule has 0 amide bonds. The summed E-state index contributed by atoms with van der Waals surface area (Å²) >= 11 is 0. The minimum absolute atomic E-state index is 0.254. The number of benzene rings is 1. The molecule has 0 aliphatic carbocycles. The molecule has 3 heteroatoms. The van der Waals surface area contributed by atoms with Crippen molar-refractivity contribution in [2.45, 2.75) is 39.3 Å². The zero-order valence-electron chi connectivity index (χ0n) is 12.3. The molecule has 20 heavy (non-hydrogen) atoms. The van der Waals surface area contributed by atoms with Crippen LogP contribution in [0.2, 0.25) is 0 Å². The van der Waals surface area contributed by atoms with Gasteiger partial charge in [0.2, 0.25) is 0 Å². The van der Waals surface area contributed by atoms with Gasteiger partial charge < -0.3 is 5.73 Å². The topological polar surface area (TPSA) is 29.3 Å². The Kier molecular flexibility index (Phi) is 5.17. The van der Waals surface area contributed by atoms with E-state index in [0.717, 1.165) is 24.6 Å². The van der Waals surface area contributed by atoms with Gasteiger partial charge in [0.1, 0.15) is 5.82 Å². The van der Waals surface area contributed by atoms with Crippen LogP contribution in [0.4, 0.5) is 4.39 Å². The van der Waals surface area contributed by atoms with E-state index in [-0.39, 0.29) is 12.4 Å². The van der Waals surface area contributed by atoms with E-state index in [1.54, 1.807) is 0 Å². The van der Waals surface area contributed by atoms with Crippen molar-refractivity contribution in [1.29, 1.82) is 0 Å². The fourth-order valence-electron chi connectivity index (χ4n) is 2.75. The quantitative estimate of drug-likeness (QED) is 0.840. The molecular formula is C17H23FN2. The molecule has 1 fully saturated rings. The molecule has 2 N–H and O–H groups in total. The Bertz CT molecular complexity index is 515. The number of piperidine rings is 1. The molecule has 2 unspecified atom stereocenters. The summed E-state index contributed by atoms with van der Waals surface area (Å²) in [7, 11) is 0. The van der Waals surface area contributed by atoms with Crippen molar-refractivity contribution >= 4 is 0 Å². The van der Waals surface area contributed by atoms with Gasteiger partial charge in [0.15, 0.2) is 0 Å². The van der Waals surface area contributed by atoms with Crippen LogP contribution < -0.4 is 5.73 Å². The van der Waals surface area contributed by atoms with Gasteiger partial charge in [-0.3, -0.25) is 4.90 Å². The second kappa shape index (κ2) is 6.88. The molecule has 2 nitrogen and oxygen atoms in total. The lowest BCUT2D eigenvalue weighted by atomic mass is 9.94. The largest absolute Gasteiger partial charge is 0.320 e. The van der Waals surface area contributed by atoms with Gasteiger partial charge in [-0.05, 0) is 43.4 Å². The third-order valence-electron chi connectivity index (χ3n) is 3.99. The van der Waals surface area contributed by atoms with Gasteiger partial charge in [-0.1, -0.05) is 24.8 Å². The highest BCUT2D eigenvalue weighted by Gasteiger charge is 2.22. The second-order valence-corrected chi connectivity index (χ2v) is 5.78. The number of nitrogens with two attached hydrogens (primary N) is 1. The second-order valence-electron chi connectivity index (χ2n) is 5.78. The molecule has 1 aliphatic heterocycles. The van der Waals surface area contributed by atoms with Crippen LogP contribution in [0, 0.1) is 23.6 Å². The molecule has 1 saturated heterocycles. The molecule has 2 atom stereocenters. The summed E-state index contributed by atoms with van der Waals surface area (Å²) in [5, 5.41) is 0. The molecule has 1 aliphatic rings. The van der Waals surface area contributed by atoms with Gasteiger partial charge in [-0.25, -0.2) is 4.39 Å². The number of hydrogen-bond acceptors (Lipinski definition) is 2. The Morgan fingerprint density at radius 3 is 2.90 bits per heavy atom. The van der Waals surface area contributed by atoms with Gasteiger partial charge in [-0.2, -0.15) is 0 Å². The van der Waals surface area contributed by atoms with Gasteiger partial charge in [0, 0.05) is 19.1 Å². The van der Waals surface area contributed by atoms with Gasteiger partial charge in [0.25, 0.3) is 0 Å². The van der Waals surface area contributed by atoms with Crippen LogP contribution in [0.3, 0.4) is 0 Å². The maximum absolute atomic E-state index is 13.7. The summed E-state index contributed by atoms with van der Waals surface area (Å²) in [5.74, 6) is 5.99. The van der Waals surface area contributed by atoms with Crippen molar-refractivity contribution in [2.75, 3.05) is 13.1 Å². The van der Waals surface area contributed by atoms with Crippen LogP contribution in [0.15, 0.2) is 18.2 Å². The van der Waals surface area contributed by atoms with Crippen LogP contribution in [-0.4, -0.2) is 24.0 Å². The molecule has 108 valence electrons. The molecule has 1 heterocycles. The summed E-state index contributed by atoms with van der Waals surface area (Å²) < 4.78 is 13.7. The van der Waals surface area contributed by atoms with Crippen LogP contribution in [0.5, 0.6) is 0 Å². The lowest BCUT2D eigenvalue weighted by Crippen LogP contribution is -2.40. The van der Waals surface area contributed by atoms with Crippen molar-refractivity contribution < 1.29 is 4.39 Å². The highest BCUT2D eigenvalue weighted by atomic mass is 19.1. The summed E-state index contributed by atoms with van der Waals surface area (Å²) in [6.07, 6.45) is 2.54. The van der Waals surface area contributed by atoms with Crippen molar-refractivity contribution in [2.24, 2.45) is 11.7 Å². The van der Waals surface area contributed by atoms with Crippen molar-refractivity contribution in [3.8, 4) is 11.8 Å². The van der Waals surface area contributed by atoms with E-state index >= 15 is 0 Å². The number of rotatable bonds is 2. The summed E-state index contributed by atoms with van der Waals surface area (Å²) in [6, 6.07) is 5.81. The Balaban J connectivity index is 2.12. The lowest BCUT2D eigenvalue weighted by Gasteiger charge is -2.36. The van der Waals surface area contributed by atoms with E-state index < -0.39 is 0 Å². The highest BCUT2D eigenvalue weighted by molar-refractivity contribution is 5.38. The minimum atomic E-state index is -0.269. The number of likely N-dealkylation sites (tertiary alicyclic amines) is 1. The van der Waals surface area contributed by atoms with Crippen LogP contribution in [-0.2, 0) is 6.54 Å². The Morgan fingerprint density at radius 2 is 2.15 bits per heavy atom. The Hall–Kier alpha value is -1.37. The smallest absolute Gasteiger partial charge is 0.138 e. The molecular weight excluding hydrogens is 251 g/mol. The number of nitrogens with zero attached hydrogens (tertiary/aromatic N) is 1. The molecule has 0 spiro atoms. The molecule has 2 rings (SSSR count). The van der Waals surface area contributed by atoms with E-state index in [2.05, 4.69) is 30.6 Å². The first-order chi connectivity index (χ1) is 9.60. The third kappa shape index (κ3) is 3.82. The standard InChI is InChI=1S/C17H23FN2/c1-13-5-6-14(2)20(11-13)12-15-7-8-17(18)16(10-15)4-3-9-19/h7-8,10,13-14H,5-6,9,11-12,19H2,1-2H3. The summed E-state index contributed by atoms with van der Waals surface area (Å²) in [6.45, 7) is 6.79. The van der Waals surface area contributed by atoms with Crippen molar-refractivity contribution in [1.82, 2.24) is 4.90 Å². The van der Waals surface area contributed by atoms with E-state index in [1.807, 2.05) is 12.1 Å². The van der Waals surface area contributed by atoms with Gasteiger partial charge in [-0.15, -0.1) is 0 Å². The average Bonchev–Trinajstić information content (AvgIpc) is 2.43. The maximum atomic E-state index is 13.7. The zero-order chi connectivity index (χ0) is 14.5. The molecule has 0 aromatic heterocycles. The van der Waals surface area contributed by atoms with Gasteiger partial charge in [0.05, 0.1) is 12.1 Å². The van der Waals surface area contributed by atoms with Crippen LogP contribution in [0.25, 0.3) is 0 Å². The fraction of sp³-hybridized carbons (Fsp3) is 0.529. The van der Waals surface area contributed by atoms with Gasteiger partial charge >= 0.3 is 0 Å². The third-order valence-corrected chi connectivity index (χ3v) is 3.99. The van der Waals surface area contributed by atoms with E-state index in [9.17, 15) is 4.39 Å². The molecule has 0 saturated carbocycles. The Labute approximate surface area is 121 Å². The molecule has 1 aromatic carbocycles. The average molecular weight is 274 g/mol. The molecule has 0 bridgehead atoms. The molecule has 0 radical (unpaired) electrons. The number of hydrogen-bond donors (Lipinski definition) is 1. The minimum Gasteiger partial charge on any atom is -0.320 e. The van der Waals surface area contributed by atoms with Crippen molar-refractivity contribution in [3.05, 3.63) is 35.1 Å². The Morgan fingerprint density at radius 1 is 1.35 bits per heavy atom. The van der Waals surface area contributed by atoms with Crippen molar-refractivity contribution in [3.63, 3.8) is 0 Å². The lowest BCUT2D eigenvalue weighted by molar-refractivity contribution is 0.117. The first-order valence-electron chi connectivity index (χ1n) is 7.31. The first-order valence-corrected chi connectivity index (χ1v) is 7.31. The number of halogens is 1. The predicted molar refractivity (Wildman–Crippen MR) is 80.6 cm³/mol. The zero-order valence-corrected chi connectivity index (χ0v) is 12.3. The van der Waals surface area contributed by atoms with Crippen LogP contribution >= 0.6 is 0 Å². The summed E-state index contributed by atoms with van der Waals surface area (Å²) in [5.41, 5.74) is 6.91. The van der Waals surface area contributed by atoms with E-state index in [1.165, 1.54) is 18.9 Å². The first kappa shape index (κ1) is 15.0. The summed E-state index contributed by atoms with van der Waals surface area (Å²) in [4.78, 5) is 2.47. The van der Waals surface area contributed by atoms with Crippen LogP contribution in [0.1, 0.15) is 37.8 Å².